The van der Waals surface area contributed by atoms with Crippen LogP contribution in [-0.2, 0) is 9.59 Å². The average Bonchev–Trinajstić information content (AvgIpc) is 3.35. The van der Waals surface area contributed by atoms with Crippen molar-refractivity contribution in [1.29, 1.82) is 0 Å². The number of hydrogen-bond acceptors (Lipinski definition) is 9. The number of carbonyl (C=O) groups excluding carboxylic acids is 3. The third-order valence-corrected chi connectivity index (χ3v) is 6.69. The summed E-state index contributed by atoms with van der Waals surface area (Å²) >= 11 is 1.02. The standard InChI is InChI=1S/C24H21N3O6S/c1-12-22(13(2)28)34-24(26-12)27-19(15-5-6-16(32-3)17(11-15)33-4)18(21(30)23(27)31)20(29)14-7-9-25-10-8-14/h5-11,19,29H,1-4H3/b20-18+. The normalized spacial score (nSPS) is 17.2. The number of amides is 1. The number of ether oxygens (including phenoxy) is 2. The Bertz CT molecular complexity index is 1330. The van der Waals surface area contributed by atoms with Crippen LogP contribution in [-0.4, -0.2) is 46.8 Å². The predicted octanol–water partition coefficient (Wildman–Crippen LogP) is 3.69. The van der Waals surface area contributed by atoms with Gasteiger partial charge in [-0.3, -0.25) is 24.3 Å². The maximum Gasteiger partial charge on any atom is 0.301 e. The van der Waals surface area contributed by atoms with Gasteiger partial charge < -0.3 is 14.6 Å². The average molecular weight is 480 g/mol. The zero-order valence-electron chi connectivity index (χ0n) is 18.9. The highest BCUT2D eigenvalue weighted by molar-refractivity contribution is 7.18. The van der Waals surface area contributed by atoms with Gasteiger partial charge in [0.2, 0.25) is 0 Å². The number of aliphatic hydroxyl groups excluding tert-OH is 1. The molecule has 9 nitrogen and oxygen atoms in total. The van der Waals surface area contributed by atoms with E-state index in [1.807, 2.05) is 0 Å². The molecule has 10 heteroatoms. The van der Waals surface area contributed by atoms with Crippen molar-refractivity contribution in [2.75, 3.05) is 19.1 Å². The van der Waals surface area contributed by atoms with Crippen LogP contribution in [0.2, 0.25) is 0 Å². The Hall–Kier alpha value is -4.05. The molecule has 1 amide bonds. The number of benzene rings is 1. The molecular formula is C24H21N3O6S. The largest absolute Gasteiger partial charge is 0.507 e. The van der Waals surface area contributed by atoms with Gasteiger partial charge >= 0.3 is 5.91 Å². The fourth-order valence-corrected chi connectivity index (χ4v) is 4.83. The van der Waals surface area contributed by atoms with E-state index in [0.29, 0.717) is 33.2 Å². The van der Waals surface area contributed by atoms with E-state index in [1.54, 1.807) is 25.1 Å². The molecule has 0 spiro atoms. The highest BCUT2D eigenvalue weighted by Crippen LogP contribution is 2.45. The molecule has 1 atom stereocenters. The maximum absolute atomic E-state index is 13.2. The summed E-state index contributed by atoms with van der Waals surface area (Å²) in [7, 11) is 2.97. The number of carbonyl (C=O) groups is 3. The molecule has 34 heavy (non-hydrogen) atoms. The van der Waals surface area contributed by atoms with Crippen molar-refractivity contribution < 1.29 is 29.0 Å². The minimum absolute atomic E-state index is 0.111. The van der Waals surface area contributed by atoms with Crippen molar-refractivity contribution in [2.24, 2.45) is 0 Å². The van der Waals surface area contributed by atoms with Crippen LogP contribution in [0.5, 0.6) is 11.5 Å². The van der Waals surface area contributed by atoms with Gasteiger partial charge in [0.05, 0.1) is 36.4 Å². The highest BCUT2D eigenvalue weighted by Gasteiger charge is 2.48. The fourth-order valence-electron chi connectivity index (χ4n) is 3.85. The second-order valence-corrected chi connectivity index (χ2v) is 8.46. The van der Waals surface area contributed by atoms with Gasteiger partial charge in [-0.05, 0) is 36.8 Å². The van der Waals surface area contributed by atoms with E-state index in [1.165, 1.54) is 50.6 Å². The summed E-state index contributed by atoms with van der Waals surface area (Å²) in [6, 6.07) is 7.02. The van der Waals surface area contributed by atoms with Crippen molar-refractivity contribution in [3.8, 4) is 11.5 Å². The summed E-state index contributed by atoms with van der Waals surface area (Å²) < 4.78 is 10.7. The van der Waals surface area contributed by atoms with E-state index in [2.05, 4.69) is 9.97 Å². The van der Waals surface area contributed by atoms with Crippen molar-refractivity contribution >= 4 is 39.7 Å². The van der Waals surface area contributed by atoms with Crippen molar-refractivity contribution in [3.63, 3.8) is 0 Å². The van der Waals surface area contributed by atoms with Crippen LogP contribution < -0.4 is 14.4 Å². The molecule has 1 N–H and O–H groups in total. The lowest BCUT2D eigenvalue weighted by Crippen LogP contribution is -2.29. The van der Waals surface area contributed by atoms with Gasteiger partial charge in [-0.2, -0.15) is 0 Å². The first-order valence-corrected chi connectivity index (χ1v) is 11.0. The Balaban J connectivity index is 1.98. The number of rotatable bonds is 6. The predicted molar refractivity (Wildman–Crippen MR) is 125 cm³/mol. The fraction of sp³-hybridized carbons (Fsp3) is 0.208. The number of nitrogens with zero attached hydrogens (tertiary/aromatic N) is 3. The monoisotopic (exact) mass is 479 g/mol. The molecule has 1 unspecified atom stereocenters. The number of pyridine rings is 1. The molecule has 174 valence electrons. The Morgan fingerprint density at radius 2 is 1.76 bits per heavy atom. The van der Waals surface area contributed by atoms with E-state index in [9.17, 15) is 19.5 Å². The first-order valence-electron chi connectivity index (χ1n) is 10.2. The van der Waals surface area contributed by atoms with Crippen LogP contribution in [0.4, 0.5) is 5.13 Å². The summed E-state index contributed by atoms with van der Waals surface area (Å²) in [5.74, 6) is -1.43. The molecular weight excluding hydrogens is 458 g/mol. The number of aliphatic hydroxyl groups is 1. The number of hydrogen-bond donors (Lipinski definition) is 1. The number of anilines is 1. The number of aromatic nitrogens is 2. The van der Waals surface area contributed by atoms with E-state index >= 15 is 0 Å². The van der Waals surface area contributed by atoms with Crippen molar-refractivity contribution in [2.45, 2.75) is 19.9 Å². The summed E-state index contributed by atoms with van der Waals surface area (Å²) in [4.78, 5) is 48.4. The lowest BCUT2D eigenvalue weighted by atomic mass is 9.95. The lowest BCUT2D eigenvalue weighted by molar-refractivity contribution is -0.132. The van der Waals surface area contributed by atoms with Crippen LogP contribution in [0.25, 0.3) is 5.76 Å². The number of Topliss-reactive ketones (excluding diaryl/α,β-unsaturated/α-hetero) is 2. The number of ketones is 2. The van der Waals surface area contributed by atoms with Gasteiger partial charge in [0, 0.05) is 24.9 Å². The Morgan fingerprint density at radius 1 is 1.09 bits per heavy atom. The van der Waals surface area contributed by atoms with Gasteiger partial charge in [0.15, 0.2) is 22.4 Å². The van der Waals surface area contributed by atoms with E-state index in [4.69, 9.17) is 9.47 Å². The summed E-state index contributed by atoms with van der Waals surface area (Å²) in [5, 5.41) is 11.3. The molecule has 0 aliphatic carbocycles. The van der Waals surface area contributed by atoms with Crippen LogP contribution in [0, 0.1) is 6.92 Å². The molecule has 2 aromatic heterocycles. The number of aryl methyl sites for hydroxylation is 1. The third kappa shape index (κ3) is 3.81. The van der Waals surface area contributed by atoms with Crippen LogP contribution >= 0.6 is 11.3 Å². The molecule has 4 rings (SSSR count). The van der Waals surface area contributed by atoms with Crippen molar-refractivity contribution in [3.05, 3.63) is 70.0 Å². The lowest BCUT2D eigenvalue weighted by Gasteiger charge is -2.23. The maximum atomic E-state index is 13.2. The Morgan fingerprint density at radius 3 is 2.35 bits per heavy atom. The first kappa shape index (κ1) is 23.1. The molecule has 0 radical (unpaired) electrons. The van der Waals surface area contributed by atoms with Crippen LogP contribution in [0.3, 0.4) is 0 Å². The molecule has 0 saturated carbocycles. The van der Waals surface area contributed by atoms with Gasteiger partial charge in [-0.1, -0.05) is 17.4 Å². The molecule has 1 aliphatic heterocycles. The smallest absolute Gasteiger partial charge is 0.301 e. The Kier molecular flexibility index (Phi) is 6.16. The number of methoxy groups -OCH3 is 2. The third-order valence-electron chi connectivity index (χ3n) is 5.43. The van der Waals surface area contributed by atoms with Gasteiger partial charge in [-0.25, -0.2) is 4.98 Å². The van der Waals surface area contributed by atoms with Gasteiger partial charge in [-0.15, -0.1) is 0 Å². The first-order chi connectivity index (χ1) is 16.3. The molecule has 3 aromatic rings. The minimum Gasteiger partial charge on any atom is -0.507 e. The van der Waals surface area contributed by atoms with E-state index < -0.39 is 17.7 Å². The topological polar surface area (TPSA) is 119 Å². The molecule has 1 fully saturated rings. The van der Waals surface area contributed by atoms with Crippen LogP contribution in [0.15, 0.2) is 48.3 Å². The van der Waals surface area contributed by atoms with Gasteiger partial charge in [0.25, 0.3) is 5.78 Å². The van der Waals surface area contributed by atoms with Gasteiger partial charge in [0.1, 0.15) is 5.76 Å². The summed E-state index contributed by atoms with van der Waals surface area (Å²) in [5.41, 5.74) is 1.16. The molecule has 1 saturated heterocycles. The highest BCUT2D eigenvalue weighted by atomic mass is 32.1. The van der Waals surface area contributed by atoms with E-state index in [0.717, 1.165) is 11.3 Å². The summed E-state index contributed by atoms with van der Waals surface area (Å²) in [6.45, 7) is 3.07. The molecule has 3 heterocycles. The number of thiazole rings is 1. The second-order valence-electron chi connectivity index (χ2n) is 7.49. The summed E-state index contributed by atoms with van der Waals surface area (Å²) in [6.07, 6.45) is 2.94. The quantitative estimate of drug-likeness (QED) is 0.246. The molecule has 1 aromatic carbocycles. The second kappa shape index (κ2) is 9.06. The molecule has 1 aliphatic rings. The SMILES string of the molecule is COc1ccc(C2/C(=C(\O)c3ccncc3)C(=O)C(=O)N2c2nc(C)c(C(C)=O)s2)cc1OC. The van der Waals surface area contributed by atoms with Crippen LogP contribution in [0.1, 0.15) is 39.5 Å². The zero-order valence-corrected chi connectivity index (χ0v) is 19.7. The zero-order chi connectivity index (χ0) is 24.6. The van der Waals surface area contributed by atoms with E-state index in [-0.39, 0.29) is 22.2 Å². The van der Waals surface area contributed by atoms with Crippen molar-refractivity contribution in [1.82, 2.24) is 9.97 Å². The minimum atomic E-state index is -1.02. The Labute approximate surface area is 199 Å². The molecule has 0 bridgehead atoms.